The molecule has 102 valence electrons. The lowest BCUT2D eigenvalue weighted by Gasteiger charge is -2.24. The molecule has 1 rings (SSSR count). The molecule has 1 aromatic carbocycles. The third-order valence-electron chi connectivity index (χ3n) is 2.92. The summed E-state index contributed by atoms with van der Waals surface area (Å²) in [4.78, 5) is 2.32. The van der Waals surface area contributed by atoms with Crippen molar-refractivity contribution in [3.05, 3.63) is 21.5 Å². The molecule has 1 unspecified atom stereocenters. The van der Waals surface area contributed by atoms with Gasteiger partial charge in [0.2, 0.25) is 0 Å². The van der Waals surface area contributed by atoms with Gasteiger partial charge in [-0.25, -0.2) is 4.39 Å². The lowest BCUT2D eigenvalue weighted by atomic mass is 10.2. The first kappa shape index (κ1) is 15.5. The fourth-order valence-electron chi connectivity index (χ4n) is 1.87. The zero-order valence-electron chi connectivity index (χ0n) is 11.1. The number of hydrogen-bond acceptors (Lipinski definition) is 3. The molecule has 18 heavy (non-hydrogen) atoms. The van der Waals surface area contributed by atoms with Crippen molar-refractivity contribution in [1.82, 2.24) is 4.90 Å². The summed E-state index contributed by atoms with van der Waals surface area (Å²) in [6, 6.07) is 3.35. The Morgan fingerprint density at radius 2 is 2.00 bits per heavy atom. The largest absolute Gasteiger partial charge is 0.397 e. The van der Waals surface area contributed by atoms with E-state index in [1.54, 1.807) is 6.07 Å². The molecule has 0 aliphatic carbocycles. The molecule has 0 radical (unpaired) electrons. The van der Waals surface area contributed by atoms with Gasteiger partial charge in [0.15, 0.2) is 0 Å². The van der Waals surface area contributed by atoms with Crippen molar-refractivity contribution in [2.75, 3.05) is 30.7 Å². The first-order valence-corrected chi connectivity index (χ1v) is 7.29. The van der Waals surface area contributed by atoms with Crippen LogP contribution in [0.5, 0.6) is 0 Å². The predicted molar refractivity (Wildman–Crippen MR) is 84.4 cm³/mol. The lowest BCUT2D eigenvalue weighted by molar-refractivity contribution is 0.295. The van der Waals surface area contributed by atoms with Crippen LogP contribution in [0, 0.1) is 9.39 Å². The highest BCUT2D eigenvalue weighted by molar-refractivity contribution is 14.1. The monoisotopic (exact) mass is 365 g/mol. The van der Waals surface area contributed by atoms with Crippen LogP contribution >= 0.6 is 22.6 Å². The summed E-state index contributed by atoms with van der Waals surface area (Å²) in [5.41, 5.74) is 7.15. The van der Waals surface area contributed by atoms with Gasteiger partial charge in [-0.1, -0.05) is 13.8 Å². The minimum absolute atomic E-state index is 0.228. The van der Waals surface area contributed by atoms with Gasteiger partial charge in [0.25, 0.3) is 0 Å². The summed E-state index contributed by atoms with van der Waals surface area (Å²) in [5, 5.41) is 3.27. The fraction of sp³-hybridized carbons (Fsp3) is 0.538. The maximum Gasteiger partial charge on any atom is 0.138 e. The molecule has 0 amide bonds. The van der Waals surface area contributed by atoms with E-state index in [1.807, 2.05) is 22.6 Å². The van der Waals surface area contributed by atoms with Crippen LogP contribution in [0.4, 0.5) is 15.8 Å². The molecular formula is C13H21FIN3. The summed E-state index contributed by atoms with van der Waals surface area (Å²) in [7, 11) is 0. The van der Waals surface area contributed by atoms with Gasteiger partial charge in [0, 0.05) is 18.7 Å². The van der Waals surface area contributed by atoms with Crippen LogP contribution in [0.2, 0.25) is 0 Å². The molecule has 0 saturated carbocycles. The quantitative estimate of drug-likeness (QED) is 0.601. The first-order chi connectivity index (χ1) is 8.47. The van der Waals surface area contributed by atoms with E-state index in [4.69, 9.17) is 5.73 Å². The minimum Gasteiger partial charge on any atom is -0.397 e. The molecular weight excluding hydrogens is 344 g/mol. The van der Waals surface area contributed by atoms with Gasteiger partial charge >= 0.3 is 0 Å². The van der Waals surface area contributed by atoms with Gasteiger partial charge in [-0.15, -0.1) is 0 Å². The van der Waals surface area contributed by atoms with E-state index in [1.165, 1.54) is 6.07 Å². The van der Waals surface area contributed by atoms with Crippen LogP contribution in [-0.4, -0.2) is 30.6 Å². The van der Waals surface area contributed by atoms with Crippen molar-refractivity contribution < 1.29 is 4.39 Å². The number of likely N-dealkylation sites (N-methyl/N-ethyl adjacent to an activating group) is 1. The maximum atomic E-state index is 13.5. The third kappa shape index (κ3) is 4.28. The SMILES string of the molecule is CCN(CC)CC(C)Nc1cc(F)c(I)cc1N. The molecule has 0 bridgehead atoms. The van der Waals surface area contributed by atoms with Crippen LogP contribution in [0.15, 0.2) is 12.1 Å². The van der Waals surface area contributed by atoms with E-state index in [9.17, 15) is 4.39 Å². The highest BCUT2D eigenvalue weighted by Gasteiger charge is 2.10. The fourth-order valence-corrected chi connectivity index (χ4v) is 2.36. The summed E-state index contributed by atoms with van der Waals surface area (Å²) in [5.74, 6) is -0.234. The van der Waals surface area contributed by atoms with Crippen molar-refractivity contribution in [2.24, 2.45) is 0 Å². The first-order valence-electron chi connectivity index (χ1n) is 6.21. The topological polar surface area (TPSA) is 41.3 Å². The highest BCUT2D eigenvalue weighted by Crippen LogP contribution is 2.24. The second kappa shape index (κ2) is 7.13. The van der Waals surface area contributed by atoms with Crippen molar-refractivity contribution in [1.29, 1.82) is 0 Å². The molecule has 3 N–H and O–H groups in total. The number of hydrogen-bond donors (Lipinski definition) is 2. The van der Waals surface area contributed by atoms with Gasteiger partial charge in [-0.2, -0.15) is 0 Å². The van der Waals surface area contributed by atoms with E-state index in [0.29, 0.717) is 14.9 Å². The van der Waals surface area contributed by atoms with Gasteiger partial charge in [-0.05, 0) is 48.7 Å². The molecule has 0 spiro atoms. The molecule has 0 aromatic heterocycles. The Bertz CT molecular complexity index is 394. The molecule has 0 aliphatic rings. The predicted octanol–water partition coefficient (Wildman–Crippen LogP) is 3.15. The molecule has 0 heterocycles. The zero-order chi connectivity index (χ0) is 13.7. The summed E-state index contributed by atoms with van der Waals surface area (Å²) < 4.78 is 14.0. The Hall–Kier alpha value is -0.560. The smallest absolute Gasteiger partial charge is 0.138 e. The number of halogens is 2. The summed E-state index contributed by atoms with van der Waals surface area (Å²) in [6.45, 7) is 9.29. The van der Waals surface area contributed by atoms with Crippen molar-refractivity contribution in [2.45, 2.75) is 26.8 Å². The number of benzene rings is 1. The van der Waals surface area contributed by atoms with Crippen LogP contribution in [0.3, 0.4) is 0 Å². The molecule has 0 fully saturated rings. The van der Waals surface area contributed by atoms with E-state index < -0.39 is 0 Å². The number of nitrogens with zero attached hydrogens (tertiary/aromatic N) is 1. The number of anilines is 2. The molecule has 1 atom stereocenters. The van der Waals surface area contributed by atoms with Crippen LogP contribution in [0.1, 0.15) is 20.8 Å². The van der Waals surface area contributed by atoms with E-state index >= 15 is 0 Å². The Balaban J connectivity index is 2.69. The van der Waals surface area contributed by atoms with E-state index in [-0.39, 0.29) is 11.9 Å². The van der Waals surface area contributed by atoms with Crippen molar-refractivity contribution in [3.8, 4) is 0 Å². The zero-order valence-corrected chi connectivity index (χ0v) is 13.3. The second-order valence-corrected chi connectivity index (χ2v) is 5.55. The van der Waals surface area contributed by atoms with Crippen LogP contribution < -0.4 is 11.1 Å². The summed E-state index contributed by atoms with van der Waals surface area (Å²) >= 11 is 1.94. The average molecular weight is 365 g/mol. The standard InChI is InChI=1S/C13H21FIN3/c1-4-18(5-2)8-9(3)17-13-6-10(14)11(15)7-12(13)16/h6-7,9,17H,4-5,8,16H2,1-3H3. The van der Waals surface area contributed by atoms with Gasteiger partial charge in [0.1, 0.15) is 5.82 Å². The number of nitrogens with two attached hydrogens (primary N) is 1. The molecule has 1 aromatic rings. The van der Waals surface area contributed by atoms with Gasteiger partial charge < -0.3 is 16.0 Å². The maximum absolute atomic E-state index is 13.5. The van der Waals surface area contributed by atoms with Gasteiger partial charge in [0.05, 0.1) is 14.9 Å². The van der Waals surface area contributed by atoms with Gasteiger partial charge in [-0.3, -0.25) is 0 Å². The number of nitrogen functional groups attached to an aromatic ring is 1. The Kier molecular flexibility index (Phi) is 6.14. The molecule has 0 saturated heterocycles. The lowest BCUT2D eigenvalue weighted by Crippen LogP contribution is -2.34. The normalized spacial score (nSPS) is 12.8. The Morgan fingerprint density at radius 1 is 1.39 bits per heavy atom. The molecule has 5 heteroatoms. The Morgan fingerprint density at radius 3 is 2.56 bits per heavy atom. The van der Waals surface area contributed by atoms with Crippen LogP contribution in [-0.2, 0) is 0 Å². The molecule has 0 aliphatic heterocycles. The Labute approximate surface area is 122 Å². The van der Waals surface area contributed by atoms with Crippen molar-refractivity contribution >= 4 is 34.0 Å². The average Bonchev–Trinajstić information content (AvgIpc) is 2.33. The second-order valence-electron chi connectivity index (χ2n) is 4.38. The van der Waals surface area contributed by atoms with Crippen LogP contribution in [0.25, 0.3) is 0 Å². The number of rotatable bonds is 6. The number of nitrogens with one attached hydrogen (secondary N) is 1. The summed E-state index contributed by atoms with van der Waals surface area (Å²) in [6.07, 6.45) is 0. The van der Waals surface area contributed by atoms with Crippen molar-refractivity contribution in [3.63, 3.8) is 0 Å². The van der Waals surface area contributed by atoms with E-state index in [2.05, 4.69) is 31.0 Å². The third-order valence-corrected chi connectivity index (χ3v) is 3.75. The molecule has 3 nitrogen and oxygen atoms in total. The minimum atomic E-state index is -0.234. The van der Waals surface area contributed by atoms with E-state index in [0.717, 1.165) is 19.6 Å². The highest BCUT2D eigenvalue weighted by atomic mass is 127.